The van der Waals surface area contributed by atoms with Crippen LogP contribution < -0.4 is 0 Å². The molecule has 4 nitrogen and oxygen atoms in total. The van der Waals surface area contributed by atoms with E-state index in [0.717, 1.165) is 4.90 Å². The molecule has 98 valence electrons. The molecule has 1 saturated carbocycles. The zero-order valence-electron chi connectivity index (χ0n) is 9.33. The Balaban J connectivity index is 3.00. The molecule has 0 heterocycles. The second-order valence-corrected chi connectivity index (χ2v) is 4.39. The lowest BCUT2D eigenvalue weighted by molar-refractivity contribution is -0.197. The lowest BCUT2D eigenvalue weighted by atomic mass is 9.74. The summed E-state index contributed by atoms with van der Waals surface area (Å²) in [6, 6.07) is 0. The number of halogens is 3. The summed E-state index contributed by atoms with van der Waals surface area (Å²) in [6.45, 7) is 0. The Kier molecular flexibility index (Phi) is 3.68. The van der Waals surface area contributed by atoms with Gasteiger partial charge in [0, 0.05) is 7.05 Å². The summed E-state index contributed by atoms with van der Waals surface area (Å²) in [6.07, 6.45) is -4.58. The Hall–Kier alpha value is -1.27. The van der Waals surface area contributed by atoms with Crippen molar-refractivity contribution in [3.8, 4) is 0 Å². The number of rotatable bonds is 3. The summed E-state index contributed by atoms with van der Waals surface area (Å²) in [5.41, 5.74) is -1.72. The Labute approximate surface area is 96.4 Å². The van der Waals surface area contributed by atoms with Gasteiger partial charge in [0.1, 0.15) is 5.54 Å². The van der Waals surface area contributed by atoms with Gasteiger partial charge in [0.05, 0.1) is 5.92 Å². The Morgan fingerprint density at radius 2 is 2.12 bits per heavy atom. The van der Waals surface area contributed by atoms with Crippen LogP contribution in [0.1, 0.15) is 25.7 Å². The van der Waals surface area contributed by atoms with Gasteiger partial charge >= 0.3 is 12.1 Å². The number of hydrogen-bond acceptors (Lipinski definition) is 2. The van der Waals surface area contributed by atoms with Crippen molar-refractivity contribution in [2.45, 2.75) is 37.4 Å². The molecule has 0 spiro atoms. The molecule has 0 bridgehead atoms. The molecule has 0 saturated heterocycles. The van der Waals surface area contributed by atoms with Crippen LogP contribution >= 0.6 is 0 Å². The van der Waals surface area contributed by atoms with Gasteiger partial charge in [0.2, 0.25) is 6.41 Å². The molecular weight excluding hydrogens is 239 g/mol. The summed E-state index contributed by atoms with van der Waals surface area (Å²) in [5.74, 6) is -3.03. The third-order valence-corrected chi connectivity index (χ3v) is 3.42. The number of carbonyl (C=O) groups excluding carboxylic acids is 1. The topological polar surface area (TPSA) is 57.6 Å². The number of amides is 1. The van der Waals surface area contributed by atoms with Gasteiger partial charge in [-0.2, -0.15) is 13.2 Å². The van der Waals surface area contributed by atoms with Crippen LogP contribution in [-0.2, 0) is 9.59 Å². The monoisotopic (exact) mass is 253 g/mol. The van der Waals surface area contributed by atoms with Gasteiger partial charge < -0.3 is 10.0 Å². The zero-order chi connectivity index (χ0) is 13.3. The minimum atomic E-state index is -4.41. The maximum absolute atomic E-state index is 12.6. The second-order valence-electron chi connectivity index (χ2n) is 4.39. The van der Waals surface area contributed by atoms with Gasteiger partial charge in [0.25, 0.3) is 0 Å². The molecule has 1 N–H and O–H groups in total. The van der Waals surface area contributed by atoms with E-state index in [0.29, 0.717) is 0 Å². The summed E-state index contributed by atoms with van der Waals surface area (Å²) in [5, 5.41) is 9.11. The smallest absolute Gasteiger partial charge is 0.391 e. The average molecular weight is 253 g/mol. The first-order valence-electron chi connectivity index (χ1n) is 5.22. The summed E-state index contributed by atoms with van der Waals surface area (Å²) >= 11 is 0. The van der Waals surface area contributed by atoms with Crippen molar-refractivity contribution >= 4 is 12.4 Å². The van der Waals surface area contributed by atoms with E-state index in [4.69, 9.17) is 5.11 Å². The third-order valence-electron chi connectivity index (χ3n) is 3.42. The van der Waals surface area contributed by atoms with Gasteiger partial charge in [-0.1, -0.05) is 0 Å². The molecule has 17 heavy (non-hydrogen) atoms. The summed E-state index contributed by atoms with van der Waals surface area (Å²) in [7, 11) is 1.21. The van der Waals surface area contributed by atoms with E-state index in [1.54, 1.807) is 0 Å². The minimum absolute atomic E-state index is 0.0597. The highest BCUT2D eigenvalue weighted by atomic mass is 19.4. The fourth-order valence-corrected chi connectivity index (χ4v) is 2.30. The number of aliphatic carboxylic acids is 1. The molecule has 2 atom stereocenters. The predicted octanol–water partition coefficient (Wildman–Crippen LogP) is 1.65. The van der Waals surface area contributed by atoms with Crippen molar-refractivity contribution in [2.75, 3.05) is 7.05 Å². The highest BCUT2D eigenvalue weighted by Gasteiger charge is 2.53. The number of carboxylic acids is 1. The number of nitrogens with zero attached hydrogens (tertiary/aromatic N) is 1. The van der Waals surface area contributed by atoms with Crippen molar-refractivity contribution in [2.24, 2.45) is 5.92 Å². The van der Waals surface area contributed by atoms with Crippen molar-refractivity contribution in [3.63, 3.8) is 0 Å². The van der Waals surface area contributed by atoms with E-state index < -0.39 is 30.0 Å². The third kappa shape index (κ3) is 2.53. The zero-order valence-corrected chi connectivity index (χ0v) is 9.33. The van der Waals surface area contributed by atoms with Crippen LogP contribution in [0, 0.1) is 5.92 Å². The highest BCUT2D eigenvalue weighted by molar-refractivity contribution is 5.81. The molecule has 1 aliphatic carbocycles. The molecule has 0 aromatic carbocycles. The Morgan fingerprint density at radius 3 is 2.53 bits per heavy atom. The molecule has 1 aliphatic rings. The van der Waals surface area contributed by atoms with Crippen molar-refractivity contribution in [3.05, 3.63) is 0 Å². The lowest BCUT2D eigenvalue weighted by Gasteiger charge is -2.42. The Bertz CT molecular complexity index is 318. The van der Waals surface area contributed by atoms with Crippen LogP contribution in [0.15, 0.2) is 0 Å². The number of hydrogen-bond donors (Lipinski definition) is 1. The highest BCUT2D eigenvalue weighted by Crippen LogP contribution is 2.43. The van der Waals surface area contributed by atoms with Gasteiger partial charge in [-0.25, -0.2) is 4.79 Å². The van der Waals surface area contributed by atoms with Crippen LogP contribution in [0.25, 0.3) is 0 Å². The Morgan fingerprint density at radius 1 is 1.53 bits per heavy atom. The quantitative estimate of drug-likeness (QED) is 0.778. The molecular formula is C10H14F3NO3. The first-order valence-corrected chi connectivity index (χ1v) is 5.22. The van der Waals surface area contributed by atoms with Crippen molar-refractivity contribution < 1.29 is 27.9 Å². The maximum Gasteiger partial charge on any atom is 0.391 e. The molecule has 0 radical (unpaired) electrons. The van der Waals surface area contributed by atoms with E-state index in [9.17, 15) is 22.8 Å². The normalized spacial score (nSPS) is 29.8. The van der Waals surface area contributed by atoms with Crippen molar-refractivity contribution in [1.82, 2.24) is 4.90 Å². The molecule has 1 rings (SSSR count). The van der Waals surface area contributed by atoms with Gasteiger partial charge in [0.15, 0.2) is 0 Å². The number of alkyl halides is 3. The van der Waals surface area contributed by atoms with Crippen LogP contribution in [0.2, 0.25) is 0 Å². The van der Waals surface area contributed by atoms with E-state index in [-0.39, 0.29) is 25.7 Å². The molecule has 1 amide bonds. The van der Waals surface area contributed by atoms with Gasteiger partial charge in [-0.05, 0) is 25.7 Å². The van der Waals surface area contributed by atoms with E-state index in [1.807, 2.05) is 0 Å². The van der Waals surface area contributed by atoms with Crippen molar-refractivity contribution in [1.29, 1.82) is 0 Å². The summed E-state index contributed by atoms with van der Waals surface area (Å²) < 4.78 is 37.8. The summed E-state index contributed by atoms with van der Waals surface area (Å²) in [4.78, 5) is 22.7. The van der Waals surface area contributed by atoms with Crippen LogP contribution in [-0.4, -0.2) is 41.1 Å². The number of likely N-dealkylation sites (N-methyl/N-ethyl adjacent to an activating group) is 1. The molecule has 0 aromatic heterocycles. The van der Waals surface area contributed by atoms with E-state index >= 15 is 0 Å². The molecule has 7 heteroatoms. The first kappa shape index (κ1) is 13.8. The van der Waals surface area contributed by atoms with Crippen LogP contribution in [0.5, 0.6) is 0 Å². The number of carboxylic acid groups (broad SMARTS) is 1. The molecule has 1 fully saturated rings. The largest absolute Gasteiger partial charge is 0.479 e. The fraction of sp³-hybridized carbons (Fsp3) is 0.800. The lowest BCUT2D eigenvalue weighted by Crippen LogP contribution is -2.56. The van der Waals surface area contributed by atoms with Crippen LogP contribution in [0.3, 0.4) is 0 Å². The second kappa shape index (κ2) is 4.54. The average Bonchev–Trinajstić information content (AvgIpc) is 2.26. The SMILES string of the molecule is CN(C=O)C1(C(=O)O)CCCC(C(F)(F)F)C1. The minimum Gasteiger partial charge on any atom is -0.479 e. The first-order chi connectivity index (χ1) is 7.74. The fourth-order valence-electron chi connectivity index (χ4n) is 2.30. The maximum atomic E-state index is 12.6. The van der Waals surface area contributed by atoms with Gasteiger partial charge in [-0.3, -0.25) is 4.79 Å². The van der Waals surface area contributed by atoms with Crippen LogP contribution in [0.4, 0.5) is 13.2 Å². The van der Waals surface area contributed by atoms with E-state index in [1.165, 1.54) is 7.05 Å². The number of carbonyl (C=O) groups is 2. The molecule has 0 aromatic rings. The predicted molar refractivity (Wildman–Crippen MR) is 52.2 cm³/mol. The van der Waals surface area contributed by atoms with E-state index in [2.05, 4.69) is 0 Å². The molecule has 0 aliphatic heterocycles. The van der Waals surface area contributed by atoms with Gasteiger partial charge in [-0.15, -0.1) is 0 Å². The molecule has 2 unspecified atom stereocenters. The standard InChI is InChI=1S/C10H14F3NO3/c1-14(6-15)9(8(16)17)4-2-3-7(5-9)10(11,12)13/h6-7H,2-5H2,1H3,(H,16,17).